The molecule has 0 fully saturated rings. The number of fused-ring (bicyclic) bond motifs is 6. The molecule has 4 heterocycles. The number of hydrogen-bond donors (Lipinski definition) is 0. The summed E-state index contributed by atoms with van der Waals surface area (Å²) in [7, 11) is 0. The molecule has 20 rings (SSSR count). The van der Waals surface area contributed by atoms with Crippen LogP contribution in [0.4, 0.5) is 34.1 Å². The molecule has 20 aromatic rings. The maximum absolute atomic E-state index is 5.31. The van der Waals surface area contributed by atoms with Gasteiger partial charge in [-0.15, -0.1) is 22.7 Å². The van der Waals surface area contributed by atoms with Crippen LogP contribution in [0.2, 0.25) is 0 Å². The average Bonchev–Trinajstić information content (AvgIpc) is 1.59. The zero-order chi connectivity index (χ0) is 74.3. The molecule has 0 amide bonds. The summed E-state index contributed by atoms with van der Waals surface area (Å²) in [5, 5.41) is 4.82. The van der Waals surface area contributed by atoms with Gasteiger partial charge in [-0.25, -0.2) is 29.9 Å². The molecule has 16 aromatic carbocycles. The van der Waals surface area contributed by atoms with Gasteiger partial charge in [0.2, 0.25) is 0 Å². The van der Waals surface area contributed by atoms with Crippen LogP contribution in [0.3, 0.4) is 0 Å². The highest BCUT2D eigenvalue weighted by Gasteiger charge is 2.22. The van der Waals surface area contributed by atoms with E-state index in [1.165, 1.54) is 57.9 Å². The molecule has 4 aromatic heterocycles. The van der Waals surface area contributed by atoms with E-state index >= 15 is 0 Å². The fourth-order valence-corrected chi connectivity index (χ4v) is 17.5. The fraction of sp³-hybridized carbons (Fsp3) is 0. The SMILES string of the molecule is c1ccc(-c2ccc(N(c3ccc(-c4ccccc4)cc3)c3ccc4c(c3)sc3cc(-c5nc(-c6ccccc6)nc(-c6cccc(-c7cccc(-c8ccc(N(c9ccccc9)c9ccc(-c%10ccc%11c(c%10)sc%10cc(-c%12nc(-c%13ccccc%13)nc(-c%13ccccc%13)n%12)ccc%10%11)cc9)cc8)c7)c6)n5)ccc34)cc2)cc1. The number of thiophene rings is 2. The Morgan fingerprint density at radius 3 is 0.723 bits per heavy atom. The normalized spacial score (nSPS) is 11.4. The zero-order valence-electron chi connectivity index (χ0n) is 60.5. The molecule has 0 radical (unpaired) electrons. The lowest BCUT2D eigenvalue weighted by atomic mass is 9.97. The van der Waals surface area contributed by atoms with Crippen molar-refractivity contribution in [3.05, 3.63) is 400 Å². The second-order valence-corrected chi connectivity index (χ2v) is 30.0. The monoisotopic (exact) mass is 1470 g/mol. The van der Waals surface area contributed by atoms with E-state index in [9.17, 15) is 0 Å². The van der Waals surface area contributed by atoms with E-state index in [4.69, 9.17) is 29.9 Å². The quantitative estimate of drug-likeness (QED) is 0.0892. The Hall–Kier alpha value is -14.4. The molecular weight excluding hydrogens is 1400 g/mol. The van der Waals surface area contributed by atoms with Crippen LogP contribution < -0.4 is 9.80 Å². The summed E-state index contributed by atoms with van der Waals surface area (Å²) in [4.78, 5) is 35.4. The first-order chi connectivity index (χ1) is 55.4. The van der Waals surface area contributed by atoms with Crippen molar-refractivity contribution < 1.29 is 0 Å². The van der Waals surface area contributed by atoms with Gasteiger partial charge in [-0.2, -0.15) is 0 Å². The van der Waals surface area contributed by atoms with Crippen LogP contribution in [0.15, 0.2) is 400 Å². The van der Waals surface area contributed by atoms with Crippen molar-refractivity contribution in [2.75, 3.05) is 9.80 Å². The van der Waals surface area contributed by atoms with Crippen molar-refractivity contribution >= 4 is 97.1 Å². The molecule has 112 heavy (non-hydrogen) atoms. The lowest BCUT2D eigenvalue weighted by molar-refractivity contribution is 1.07. The molecule has 0 aliphatic carbocycles. The second kappa shape index (κ2) is 29.3. The molecular formula is C102H66N8S2. The van der Waals surface area contributed by atoms with E-state index in [1.54, 1.807) is 22.7 Å². The summed E-state index contributed by atoms with van der Waals surface area (Å²) >= 11 is 3.58. The Kier molecular flexibility index (Phi) is 17.5. The third kappa shape index (κ3) is 13.3. The summed E-state index contributed by atoms with van der Waals surface area (Å²) in [5.41, 5.74) is 23.4. The minimum atomic E-state index is 0.600. The highest BCUT2D eigenvalue weighted by Crippen LogP contribution is 2.45. The van der Waals surface area contributed by atoms with Crippen LogP contribution in [0.5, 0.6) is 0 Å². The lowest BCUT2D eigenvalue weighted by Gasteiger charge is -2.26. The average molecular weight is 1470 g/mol. The van der Waals surface area contributed by atoms with Crippen molar-refractivity contribution in [1.29, 1.82) is 0 Å². The molecule has 0 saturated heterocycles. The number of benzene rings is 16. The molecule has 10 heteroatoms. The van der Waals surface area contributed by atoms with Gasteiger partial charge in [0, 0.05) is 108 Å². The lowest BCUT2D eigenvalue weighted by Crippen LogP contribution is -2.09. The van der Waals surface area contributed by atoms with E-state index in [-0.39, 0.29) is 0 Å². The number of hydrogen-bond acceptors (Lipinski definition) is 10. The van der Waals surface area contributed by atoms with Gasteiger partial charge in [-0.1, -0.05) is 297 Å². The highest BCUT2D eigenvalue weighted by atomic mass is 32.1. The van der Waals surface area contributed by atoms with Gasteiger partial charge < -0.3 is 9.80 Å². The number of aromatic nitrogens is 6. The van der Waals surface area contributed by atoms with E-state index < -0.39 is 0 Å². The van der Waals surface area contributed by atoms with Crippen molar-refractivity contribution in [3.63, 3.8) is 0 Å². The van der Waals surface area contributed by atoms with Gasteiger partial charge in [-0.3, -0.25) is 0 Å². The van der Waals surface area contributed by atoms with E-state index in [1.807, 2.05) is 78.9 Å². The zero-order valence-corrected chi connectivity index (χ0v) is 62.1. The molecule has 0 saturated carbocycles. The predicted molar refractivity (Wildman–Crippen MR) is 468 cm³/mol. The van der Waals surface area contributed by atoms with Crippen LogP contribution in [0.1, 0.15) is 0 Å². The second-order valence-electron chi connectivity index (χ2n) is 27.8. The number of para-hydroxylation sites is 1. The fourth-order valence-electron chi connectivity index (χ4n) is 15.1. The first-order valence-electron chi connectivity index (χ1n) is 37.4. The summed E-state index contributed by atoms with van der Waals surface area (Å²) in [5.74, 6) is 3.76. The van der Waals surface area contributed by atoms with Crippen molar-refractivity contribution in [3.8, 4) is 124 Å². The van der Waals surface area contributed by atoms with Gasteiger partial charge in [0.15, 0.2) is 34.9 Å². The summed E-state index contributed by atoms with van der Waals surface area (Å²) < 4.78 is 4.74. The smallest absolute Gasteiger partial charge is 0.164 e. The Labute approximate surface area is 656 Å². The molecule has 0 spiro atoms. The maximum Gasteiger partial charge on any atom is 0.164 e. The minimum Gasteiger partial charge on any atom is -0.311 e. The minimum absolute atomic E-state index is 0.600. The maximum atomic E-state index is 5.31. The Morgan fingerprint density at radius 2 is 0.348 bits per heavy atom. The first-order valence-corrected chi connectivity index (χ1v) is 39.1. The van der Waals surface area contributed by atoms with Gasteiger partial charge in [0.25, 0.3) is 0 Å². The molecule has 0 N–H and O–H groups in total. The molecule has 8 nitrogen and oxygen atoms in total. The van der Waals surface area contributed by atoms with E-state index in [2.05, 4.69) is 331 Å². The van der Waals surface area contributed by atoms with Gasteiger partial charge in [0.05, 0.1) is 0 Å². The Morgan fingerprint density at radius 1 is 0.143 bits per heavy atom. The Bertz CT molecular complexity index is 6680. The third-order valence-corrected chi connectivity index (χ3v) is 23.0. The van der Waals surface area contributed by atoms with E-state index in [0.717, 1.165) is 106 Å². The number of nitrogens with zero attached hydrogens (tertiary/aromatic N) is 8. The van der Waals surface area contributed by atoms with Crippen LogP contribution in [-0.4, -0.2) is 29.9 Å². The number of rotatable bonds is 17. The third-order valence-electron chi connectivity index (χ3n) is 20.8. The molecule has 526 valence electrons. The van der Waals surface area contributed by atoms with Gasteiger partial charge in [0.1, 0.15) is 0 Å². The molecule has 0 aliphatic heterocycles. The number of anilines is 6. The Balaban J connectivity index is 0.570. The topological polar surface area (TPSA) is 83.8 Å². The predicted octanol–water partition coefficient (Wildman–Crippen LogP) is 28.1. The molecule has 0 bridgehead atoms. The molecule has 0 atom stereocenters. The van der Waals surface area contributed by atoms with Gasteiger partial charge >= 0.3 is 0 Å². The van der Waals surface area contributed by atoms with Crippen LogP contribution in [0.25, 0.3) is 164 Å². The van der Waals surface area contributed by atoms with Crippen molar-refractivity contribution in [1.82, 2.24) is 29.9 Å². The standard InChI is InChI=1S/C102H66N8S2/c1-7-21-67(22-8-1)69-37-48-86(49-38-69)110(87-50-39-70(40-51-87)68-23-9-2-10-24-68)88-56-60-92-91-59-47-82(65-95(91)112-96(92)66-88)102-107-99(75-29-15-5-16-30-75)104-100(108-102)80-34-20-33-78(62-80)77-32-19-31-76(61-77)71-41-52-84(53-42-71)109(83-35-17-6-18-36-83)85-54-43-72(44-55-85)79-45-57-89-90-58-46-81(64-94(90)111-93(89)63-79)101-105-97(73-25-11-3-12-26-73)103-98(106-101)74-27-13-4-14-28-74/h1-66H. The van der Waals surface area contributed by atoms with Crippen molar-refractivity contribution in [2.45, 2.75) is 0 Å². The largest absolute Gasteiger partial charge is 0.311 e. The molecule has 0 unspecified atom stereocenters. The van der Waals surface area contributed by atoms with Crippen LogP contribution >= 0.6 is 22.7 Å². The summed E-state index contributed by atoms with van der Waals surface area (Å²) in [6.45, 7) is 0. The highest BCUT2D eigenvalue weighted by molar-refractivity contribution is 7.26. The molecule has 0 aliphatic rings. The van der Waals surface area contributed by atoms with Crippen molar-refractivity contribution in [2.24, 2.45) is 0 Å². The van der Waals surface area contributed by atoms with E-state index in [0.29, 0.717) is 34.9 Å². The summed E-state index contributed by atoms with van der Waals surface area (Å²) in [6.07, 6.45) is 0. The first kappa shape index (κ1) is 67.0. The summed E-state index contributed by atoms with van der Waals surface area (Å²) in [6, 6.07) is 142. The van der Waals surface area contributed by atoms with Crippen LogP contribution in [-0.2, 0) is 0 Å². The van der Waals surface area contributed by atoms with Gasteiger partial charge in [-0.05, 0) is 159 Å². The van der Waals surface area contributed by atoms with Crippen LogP contribution in [0, 0.1) is 0 Å².